The molecule has 4 rings (SSSR count). The predicted octanol–water partition coefficient (Wildman–Crippen LogP) is 4.78. The van der Waals surface area contributed by atoms with Crippen LogP contribution >= 0.6 is 35.4 Å². The molecule has 0 spiro atoms. The van der Waals surface area contributed by atoms with Gasteiger partial charge in [-0.15, -0.1) is 5.10 Å². The molecule has 0 bridgehead atoms. The maximum absolute atomic E-state index is 12.5. The zero-order valence-electron chi connectivity index (χ0n) is 14.6. The fourth-order valence-corrected chi connectivity index (χ4v) is 3.40. The second-order valence-corrected chi connectivity index (χ2v) is 7.37. The Morgan fingerprint density at radius 2 is 1.66 bits per heavy atom. The first-order valence-corrected chi connectivity index (χ1v) is 9.54. The Hall–Kier alpha value is -3.00. The standard InChI is InChI=1S/C20H12Cl2N4O2S/c21-13-3-1-11(2-4-13)17-12(10-23-25-17)9-16-18(27)24-20(29)26(19(16)28)15-7-5-14(22)6-8-15/h1-10,28H,(H,24,27,29). The number of aromatic amines is 1. The molecule has 0 saturated heterocycles. The number of halogens is 2. The summed E-state index contributed by atoms with van der Waals surface area (Å²) in [7, 11) is 0. The lowest BCUT2D eigenvalue weighted by molar-refractivity contribution is 0.432. The smallest absolute Gasteiger partial charge is 0.262 e. The van der Waals surface area contributed by atoms with Gasteiger partial charge in [0.05, 0.1) is 11.9 Å². The normalized spacial score (nSPS) is 14.4. The van der Waals surface area contributed by atoms with Crippen LogP contribution in [0.25, 0.3) is 11.8 Å². The SMILES string of the molecule is O=c1[nH]c(=S)n(-c2ccc(Cl)cc2)c(O)c1C=C1C=NN=C1c1ccc(Cl)cc1. The van der Waals surface area contributed by atoms with Crippen molar-refractivity contribution in [1.29, 1.82) is 0 Å². The fraction of sp³-hybridized carbons (Fsp3) is 0. The summed E-state index contributed by atoms with van der Waals surface area (Å²) in [5.41, 5.74) is 1.95. The van der Waals surface area contributed by atoms with Crippen molar-refractivity contribution in [3.8, 4) is 11.6 Å². The average Bonchev–Trinajstić information content (AvgIpc) is 3.15. The summed E-state index contributed by atoms with van der Waals surface area (Å²) >= 11 is 17.1. The minimum Gasteiger partial charge on any atom is -0.494 e. The van der Waals surface area contributed by atoms with Crippen molar-refractivity contribution in [2.75, 3.05) is 0 Å². The molecule has 6 nitrogen and oxygen atoms in total. The van der Waals surface area contributed by atoms with Gasteiger partial charge in [-0.25, -0.2) is 0 Å². The molecule has 0 radical (unpaired) electrons. The molecule has 2 N–H and O–H groups in total. The number of allylic oxidation sites excluding steroid dienone is 1. The van der Waals surface area contributed by atoms with Crippen molar-refractivity contribution in [1.82, 2.24) is 9.55 Å². The van der Waals surface area contributed by atoms with Crippen LogP contribution in [0.1, 0.15) is 11.1 Å². The lowest BCUT2D eigenvalue weighted by atomic mass is 10.0. The van der Waals surface area contributed by atoms with Gasteiger partial charge in [0, 0.05) is 21.2 Å². The van der Waals surface area contributed by atoms with Gasteiger partial charge in [-0.2, -0.15) is 5.10 Å². The Labute approximate surface area is 180 Å². The molecular formula is C20H12Cl2N4O2S. The van der Waals surface area contributed by atoms with Crippen LogP contribution in [0.5, 0.6) is 5.88 Å². The molecular weight excluding hydrogens is 431 g/mol. The first-order valence-electron chi connectivity index (χ1n) is 8.37. The van der Waals surface area contributed by atoms with Gasteiger partial charge < -0.3 is 5.11 Å². The number of hydrogen-bond donors (Lipinski definition) is 2. The van der Waals surface area contributed by atoms with Crippen LogP contribution in [-0.2, 0) is 0 Å². The number of benzene rings is 2. The van der Waals surface area contributed by atoms with Crippen molar-refractivity contribution in [2.45, 2.75) is 0 Å². The molecule has 0 atom stereocenters. The monoisotopic (exact) mass is 442 g/mol. The zero-order valence-corrected chi connectivity index (χ0v) is 17.0. The Kier molecular flexibility index (Phi) is 5.19. The van der Waals surface area contributed by atoms with Crippen molar-refractivity contribution >= 4 is 53.4 Å². The minimum absolute atomic E-state index is 0.0264. The Morgan fingerprint density at radius 1 is 1.03 bits per heavy atom. The molecule has 1 aromatic heterocycles. The first-order chi connectivity index (χ1) is 13.9. The number of H-pyrrole nitrogens is 1. The summed E-state index contributed by atoms with van der Waals surface area (Å²) < 4.78 is 1.41. The summed E-state index contributed by atoms with van der Waals surface area (Å²) in [5.74, 6) is -0.302. The van der Waals surface area contributed by atoms with Crippen molar-refractivity contribution in [2.24, 2.45) is 10.2 Å². The van der Waals surface area contributed by atoms with Gasteiger partial charge in [0.25, 0.3) is 5.56 Å². The summed E-state index contributed by atoms with van der Waals surface area (Å²) in [5, 5.41) is 20.0. The van der Waals surface area contributed by atoms with Gasteiger partial charge in [-0.05, 0) is 54.7 Å². The molecule has 1 aliphatic heterocycles. The van der Waals surface area contributed by atoms with E-state index < -0.39 is 5.56 Å². The van der Waals surface area contributed by atoms with E-state index in [1.165, 1.54) is 16.9 Å². The molecule has 2 heterocycles. The maximum atomic E-state index is 12.5. The minimum atomic E-state index is -0.527. The van der Waals surface area contributed by atoms with Crippen LogP contribution in [-0.4, -0.2) is 26.6 Å². The molecule has 144 valence electrons. The molecule has 0 unspecified atom stereocenters. The third-order valence-electron chi connectivity index (χ3n) is 4.25. The third-order valence-corrected chi connectivity index (χ3v) is 5.04. The van der Waals surface area contributed by atoms with Crippen LogP contribution in [0.3, 0.4) is 0 Å². The lowest BCUT2D eigenvalue weighted by Gasteiger charge is -2.12. The first kappa shape index (κ1) is 19.3. The highest BCUT2D eigenvalue weighted by molar-refractivity contribution is 7.71. The highest BCUT2D eigenvalue weighted by atomic mass is 35.5. The second kappa shape index (κ2) is 7.79. The van der Waals surface area contributed by atoms with Crippen molar-refractivity contribution in [3.05, 3.63) is 90.4 Å². The average molecular weight is 443 g/mol. The van der Waals surface area contributed by atoms with E-state index in [0.717, 1.165) is 5.56 Å². The molecule has 0 aliphatic carbocycles. The van der Waals surface area contributed by atoms with Crippen LogP contribution in [0, 0.1) is 4.77 Å². The second-order valence-electron chi connectivity index (χ2n) is 6.11. The number of hydrogen-bond acceptors (Lipinski definition) is 5. The van der Waals surface area contributed by atoms with Gasteiger partial charge in [-0.1, -0.05) is 35.3 Å². The fourth-order valence-electron chi connectivity index (χ4n) is 2.86. The van der Waals surface area contributed by atoms with Crippen LogP contribution in [0.15, 0.2) is 69.1 Å². The van der Waals surface area contributed by atoms with E-state index in [0.29, 0.717) is 27.0 Å². The molecule has 1 aliphatic rings. The number of nitrogens with zero attached hydrogens (tertiary/aromatic N) is 3. The Balaban J connectivity index is 1.84. The van der Waals surface area contributed by atoms with E-state index >= 15 is 0 Å². The van der Waals surface area contributed by atoms with Gasteiger partial charge in [0.1, 0.15) is 11.3 Å². The van der Waals surface area contributed by atoms with Crippen LogP contribution < -0.4 is 5.56 Å². The summed E-state index contributed by atoms with van der Waals surface area (Å²) in [6.07, 6.45) is 3.02. The van der Waals surface area contributed by atoms with E-state index in [9.17, 15) is 9.90 Å². The quantitative estimate of drug-likeness (QED) is 0.572. The summed E-state index contributed by atoms with van der Waals surface area (Å²) in [6.45, 7) is 0. The number of nitrogens with one attached hydrogen (secondary N) is 1. The summed E-state index contributed by atoms with van der Waals surface area (Å²) in [4.78, 5) is 15.1. The molecule has 0 saturated carbocycles. The number of rotatable bonds is 3. The highest BCUT2D eigenvalue weighted by Gasteiger charge is 2.18. The van der Waals surface area contributed by atoms with Crippen LogP contribution in [0.4, 0.5) is 0 Å². The van der Waals surface area contributed by atoms with E-state index in [2.05, 4.69) is 15.2 Å². The van der Waals surface area contributed by atoms with Gasteiger partial charge >= 0.3 is 0 Å². The van der Waals surface area contributed by atoms with E-state index in [-0.39, 0.29) is 16.2 Å². The predicted molar refractivity (Wildman–Crippen MR) is 118 cm³/mol. The van der Waals surface area contributed by atoms with Crippen molar-refractivity contribution < 1.29 is 5.11 Å². The van der Waals surface area contributed by atoms with Crippen molar-refractivity contribution in [3.63, 3.8) is 0 Å². The van der Waals surface area contributed by atoms with Gasteiger partial charge in [0.2, 0.25) is 5.88 Å². The van der Waals surface area contributed by atoms with E-state index in [1.54, 1.807) is 48.5 Å². The molecule has 29 heavy (non-hydrogen) atoms. The molecule has 0 fully saturated rings. The third kappa shape index (κ3) is 3.80. The Bertz CT molecular complexity index is 1300. The largest absolute Gasteiger partial charge is 0.494 e. The van der Waals surface area contributed by atoms with E-state index in [4.69, 9.17) is 35.4 Å². The molecule has 2 aromatic carbocycles. The zero-order chi connectivity index (χ0) is 20.5. The molecule has 3 aromatic rings. The maximum Gasteiger partial charge on any atom is 0.262 e. The van der Waals surface area contributed by atoms with Gasteiger partial charge in [-0.3, -0.25) is 14.3 Å². The Morgan fingerprint density at radius 3 is 2.31 bits per heavy atom. The van der Waals surface area contributed by atoms with Crippen LogP contribution in [0.2, 0.25) is 10.0 Å². The summed E-state index contributed by atoms with van der Waals surface area (Å²) in [6, 6.07) is 13.8. The molecule has 9 heteroatoms. The highest BCUT2D eigenvalue weighted by Crippen LogP contribution is 2.24. The number of aromatic hydroxyl groups is 1. The topological polar surface area (TPSA) is 82.7 Å². The lowest BCUT2D eigenvalue weighted by Crippen LogP contribution is -2.16. The number of aromatic nitrogens is 2. The van der Waals surface area contributed by atoms with E-state index in [1.807, 2.05) is 0 Å². The van der Waals surface area contributed by atoms with Gasteiger partial charge in [0.15, 0.2) is 4.77 Å². The molecule has 0 amide bonds.